The molecule has 0 amide bonds. The summed E-state index contributed by atoms with van der Waals surface area (Å²) in [5, 5.41) is 3.16. The number of ether oxygens (including phenoxy) is 1. The number of nitrogens with zero attached hydrogens (tertiary/aromatic N) is 1. The van der Waals surface area contributed by atoms with E-state index in [-0.39, 0.29) is 6.10 Å². The molecule has 0 heterocycles. The van der Waals surface area contributed by atoms with Crippen molar-refractivity contribution in [3.63, 3.8) is 0 Å². The highest BCUT2D eigenvalue weighted by atomic mass is 16.5. The lowest BCUT2D eigenvalue weighted by atomic mass is 10.1. The molecule has 0 aliphatic rings. The molecule has 0 radical (unpaired) electrons. The number of hydrogen-bond donors (Lipinski definition) is 1. The van der Waals surface area contributed by atoms with Gasteiger partial charge in [0, 0.05) is 19.6 Å². The van der Waals surface area contributed by atoms with Crippen molar-refractivity contribution in [2.24, 2.45) is 0 Å². The van der Waals surface area contributed by atoms with E-state index in [1.54, 1.807) is 0 Å². The Labute approximate surface area is 122 Å². The topological polar surface area (TPSA) is 24.5 Å². The highest BCUT2D eigenvalue weighted by Crippen LogP contribution is 2.30. The summed E-state index contributed by atoms with van der Waals surface area (Å²) in [5.41, 5.74) is 2.29. The van der Waals surface area contributed by atoms with Crippen molar-refractivity contribution in [2.45, 2.75) is 26.5 Å². The van der Waals surface area contributed by atoms with Gasteiger partial charge in [0.05, 0.1) is 11.8 Å². The minimum Gasteiger partial charge on any atom is -0.489 e. The Hall–Kier alpha value is -1.74. The summed E-state index contributed by atoms with van der Waals surface area (Å²) in [4.78, 5) is 2.20. The summed E-state index contributed by atoms with van der Waals surface area (Å²) in [6, 6.07) is 6.33. The molecule has 0 bridgehead atoms. The van der Waals surface area contributed by atoms with Gasteiger partial charge in [0.15, 0.2) is 0 Å². The van der Waals surface area contributed by atoms with Crippen molar-refractivity contribution in [3.05, 3.63) is 49.1 Å². The van der Waals surface area contributed by atoms with Crippen molar-refractivity contribution in [1.82, 2.24) is 5.32 Å². The molecule has 0 spiro atoms. The summed E-state index contributed by atoms with van der Waals surface area (Å²) in [6.45, 7) is 14.1. The maximum absolute atomic E-state index is 5.97. The molecule has 0 fully saturated rings. The fraction of sp³-hybridized carbons (Fsp3) is 0.412. The standard InChI is InChI=1S/C17H26N2O/c1-6-10-19(11-7-2)16-9-8-15(13-18-5)12-17(16)20-14(3)4/h6-9,12,14,18H,1-2,10-11,13H2,3-5H3. The summed E-state index contributed by atoms with van der Waals surface area (Å²) in [7, 11) is 1.94. The number of rotatable bonds is 9. The van der Waals surface area contributed by atoms with Gasteiger partial charge in [0.1, 0.15) is 5.75 Å². The van der Waals surface area contributed by atoms with Crippen molar-refractivity contribution < 1.29 is 4.74 Å². The van der Waals surface area contributed by atoms with Gasteiger partial charge in [-0.1, -0.05) is 18.2 Å². The molecule has 110 valence electrons. The van der Waals surface area contributed by atoms with Gasteiger partial charge in [0.25, 0.3) is 0 Å². The summed E-state index contributed by atoms with van der Waals surface area (Å²) >= 11 is 0. The van der Waals surface area contributed by atoms with E-state index in [0.29, 0.717) is 0 Å². The SMILES string of the molecule is C=CCN(CC=C)c1ccc(CNC)cc1OC(C)C. The third-order valence-corrected chi connectivity index (χ3v) is 2.81. The van der Waals surface area contributed by atoms with E-state index in [1.165, 1.54) is 5.56 Å². The first kappa shape index (κ1) is 16.3. The average molecular weight is 274 g/mol. The molecule has 0 unspecified atom stereocenters. The van der Waals surface area contributed by atoms with Crippen molar-refractivity contribution >= 4 is 5.69 Å². The molecule has 0 aromatic heterocycles. The zero-order valence-corrected chi connectivity index (χ0v) is 12.9. The second-order valence-corrected chi connectivity index (χ2v) is 4.98. The van der Waals surface area contributed by atoms with E-state index in [4.69, 9.17) is 4.74 Å². The zero-order chi connectivity index (χ0) is 15.0. The van der Waals surface area contributed by atoms with Crippen LogP contribution in [0.1, 0.15) is 19.4 Å². The van der Waals surface area contributed by atoms with Crippen LogP contribution in [0.15, 0.2) is 43.5 Å². The largest absolute Gasteiger partial charge is 0.489 e. The van der Waals surface area contributed by atoms with Crippen LogP contribution in [0.2, 0.25) is 0 Å². The molecular weight excluding hydrogens is 248 g/mol. The third-order valence-electron chi connectivity index (χ3n) is 2.81. The van der Waals surface area contributed by atoms with Crippen molar-refractivity contribution in [1.29, 1.82) is 0 Å². The molecule has 0 atom stereocenters. The fourth-order valence-corrected chi connectivity index (χ4v) is 2.07. The molecule has 0 aliphatic carbocycles. The first-order chi connectivity index (χ1) is 9.62. The molecule has 3 nitrogen and oxygen atoms in total. The second kappa shape index (κ2) is 8.43. The minimum absolute atomic E-state index is 0.146. The van der Waals surface area contributed by atoms with Gasteiger partial charge in [-0.2, -0.15) is 0 Å². The maximum Gasteiger partial charge on any atom is 0.143 e. The first-order valence-electron chi connectivity index (χ1n) is 7.03. The smallest absolute Gasteiger partial charge is 0.143 e. The van der Waals surface area contributed by atoms with Crippen LogP contribution in [0.3, 0.4) is 0 Å². The van der Waals surface area contributed by atoms with Crippen LogP contribution >= 0.6 is 0 Å². The van der Waals surface area contributed by atoms with Gasteiger partial charge in [-0.15, -0.1) is 13.2 Å². The molecule has 1 N–H and O–H groups in total. The van der Waals surface area contributed by atoms with Crippen LogP contribution in [0.4, 0.5) is 5.69 Å². The van der Waals surface area contributed by atoms with Gasteiger partial charge in [-0.05, 0) is 38.6 Å². The number of anilines is 1. The molecule has 0 aliphatic heterocycles. The highest BCUT2D eigenvalue weighted by molar-refractivity contribution is 5.60. The molecule has 0 saturated heterocycles. The lowest BCUT2D eigenvalue weighted by molar-refractivity contribution is 0.242. The van der Waals surface area contributed by atoms with E-state index >= 15 is 0 Å². The predicted octanol–water partition coefficient (Wildman–Crippen LogP) is 3.37. The Balaban J connectivity index is 3.13. The second-order valence-electron chi connectivity index (χ2n) is 4.98. The Kier molecular flexibility index (Phi) is 6.88. The van der Waals surface area contributed by atoms with Crippen LogP contribution in [-0.4, -0.2) is 26.2 Å². The maximum atomic E-state index is 5.97. The normalized spacial score (nSPS) is 10.4. The Bertz CT molecular complexity index is 431. The Morgan fingerprint density at radius 3 is 2.40 bits per heavy atom. The summed E-state index contributed by atoms with van der Waals surface area (Å²) < 4.78 is 5.97. The Morgan fingerprint density at radius 1 is 1.25 bits per heavy atom. The lowest BCUT2D eigenvalue weighted by Crippen LogP contribution is -2.24. The summed E-state index contributed by atoms with van der Waals surface area (Å²) in [6.07, 6.45) is 3.93. The molecule has 1 rings (SSSR count). The van der Waals surface area contributed by atoms with E-state index in [2.05, 4.69) is 41.6 Å². The third kappa shape index (κ3) is 4.74. The molecule has 0 saturated carbocycles. The number of hydrogen-bond acceptors (Lipinski definition) is 3. The van der Waals surface area contributed by atoms with Crippen molar-refractivity contribution in [3.8, 4) is 5.75 Å². The van der Waals surface area contributed by atoms with Gasteiger partial charge < -0.3 is 15.0 Å². The van der Waals surface area contributed by atoms with Crippen LogP contribution < -0.4 is 15.0 Å². The fourth-order valence-electron chi connectivity index (χ4n) is 2.07. The predicted molar refractivity (Wildman–Crippen MR) is 87.6 cm³/mol. The van der Waals surface area contributed by atoms with Crippen LogP contribution in [0, 0.1) is 0 Å². The molecule has 3 heteroatoms. The highest BCUT2D eigenvalue weighted by Gasteiger charge is 2.12. The van der Waals surface area contributed by atoms with Crippen LogP contribution in [0.5, 0.6) is 5.75 Å². The minimum atomic E-state index is 0.146. The first-order valence-corrected chi connectivity index (χ1v) is 7.03. The van der Waals surface area contributed by atoms with E-state index in [1.807, 2.05) is 33.0 Å². The van der Waals surface area contributed by atoms with Crippen LogP contribution in [-0.2, 0) is 6.54 Å². The van der Waals surface area contributed by atoms with Gasteiger partial charge in [-0.3, -0.25) is 0 Å². The van der Waals surface area contributed by atoms with Crippen LogP contribution in [0.25, 0.3) is 0 Å². The molecular formula is C17H26N2O. The van der Waals surface area contributed by atoms with E-state index in [9.17, 15) is 0 Å². The number of nitrogens with one attached hydrogen (secondary N) is 1. The van der Waals surface area contributed by atoms with Gasteiger partial charge >= 0.3 is 0 Å². The van der Waals surface area contributed by atoms with Gasteiger partial charge in [0.2, 0.25) is 0 Å². The van der Waals surface area contributed by atoms with Crippen molar-refractivity contribution in [2.75, 3.05) is 25.0 Å². The van der Waals surface area contributed by atoms with E-state index in [0.717, 1.165) is 31.1 Å². The quantitative estimate of drug-likeness (QED) is 0.699. The average Bonchev–Trinajstić information content (AvgIpc) is 2.39. The molecule has 20 heavy (non-hydrogen) atoms. The van der Waals surface area contributed by atoms with Gasteiger partial charge in [-0.25, -0.2) is 0 Å². The number of benzene rings is 1. The Morgan fingerprint density at radius 2 is 1.90 bits per heavy atom. The van der Waals surface area contributed by atoms with E-state index < -0.39 is 0 Å². The molecule has 1 aromatic rings. The zero-order valence-electron chi connectivity index (χ0n) is 12.9. The molecule has 1 aromatic carbocycles. The monoisotopic (exact) mass is 274 g/mol. The lowest BCUT2D eigenvalue weighted by Gasteiger charge is -2.26. The summed E-state index contributed by atoms with van der Waals surface area (Å²) in [5.74, 6) is 0.913.